The Hall–Kier alpha value is -2.98. The zero-order valence-electron chi connectivity index (χ0n) is 12.4. The van der Waals surface area contributed by atoms with Crippen LogP contribution in [0.15, 0.2) is 36.7 Å². The summed E-state index contributed by atoms with van der Waals surface area (Å²) in [7, 11) is 0. The fourth-order valence-corrected chi connectivity index (χ4v) is 2.31. The normalized spacial score (nSPS) is 14.1. The quantitative estimate of drug-likeness (QED) is 0.922. The Bertz CT molecular complexity index is 750. The summed E-state index contributed by atoms with van der Waals surface area (Å²) in [5.41, 5.74) is 1.13. The van der Waals surface area contributed by atoms with E-state index in [9.17, 15) is 4.79 Å². The largest absolute Gasteiger partial charge is 0.378 e. The molecule has 0 bridgehead atoms. The Morgan fingerprint density at radius 3 is 2.83 bits per heavy atom. The van der Waals surface area contributed by atoms with Crippen molar-refractivity contribution in [2.75, 3.05) is 36.5 Å². The molecule has 0 spiro atoms. The SMILES string of the molecule is N#Cc1ccccc1NC(=O)c1cc(N2CCOCC2)ncn1. The minimum absolute atomic E-state index is 0.259. The van der Waals surface area contributed by atoms with Crippen LogP contribution in [0.5, 0.6) is 0 Å². The first-order valence-corrected chi connectivity index (χ1v) is 7.23. The van der Waals surface area contributed by atoms with E-state index in [1.54, 1.807) is 30.3 Å². The van der Waals surface area contributed by atoms with E-state index in [1.807, 2.05) is 11.0 Å². The Morgan fingerprint density at radius 1 is 1.26 bits per heavy atom. The maximum atomic E-state index is 12.4. The molecule has 1 aromatic carbocycles. The number of amides is 1. The van der Waals surface area contributed by atoms with Gasteiger partial charge in [0.25, 0.3) is 5.91 Å². The molecule has 3 rings (SSSR count). The molecule has 0 atom stereocenters. The number of benzene rings is 1. The third-order valence-corrected chi connectivity index (χ3v) is 3.52. The van der Waals surface area contributed by atoms with Crippen LogP contribution in [0.3, 0.4) is 0 Å². The standard InChI is InChI=1S/C16H15N5O2/c17-10-12-3-1-2-4-13(12)20-16(22)14-9-15(19-11-18-14)21-5-7-23-8-6-21/h1-4,9,11H,5-8H2,(H,20,22). The van der Waals surface area contributed by atoms with Crippen LogP contribution in [0, 0.1) is 11.3 Å². The number of para-hydroxylation sites is 1. The van der Waals surface area contributed by atoms with Crippen molar-refractivity contribution >= 4 is 17.4 Å². The Labute approximate surface area is 133 Å². The predicted octanol–water partition coefficient (Wildman–Crippen LogP) is 1.44. The smallest absolute Gasteiger partial charge is 0.274 e. The van der Waals surface area contributed by atoms with Gasteiger partial charge in [-0.25, -0.2) is 9.97 Å². The third-order valence-electron chi connectivity index (χ3n) is 3.52. The van der Waals surface area contributed by atoms with Gasteiger partial charge in [0.2, 0.25) is 0 Å². The molecule has 1 aromatic heterocycles. The van der Waals surface area contributed by atoms with Gasteiger partial charge in [0.05, 0.1) is 24.5 Å². The van der Waals surface area contributed by atoms with Gasteiger partial charge in [-0.3, -0.25) is 4.79 Å². The molecule has 1 fully saturated rings. The summed E-state index contributed by atoms with van der Waals surface area (Å²) in [4.78, 5) is 22.6. The van der Waals surface area contributed by atoms with Crippen LogP contribution in [0.4, 0.5) is 11.5 Å². The molecule has 0 saturated carbocycles. The molecule has 0 aliphatic carbocycles. The van der Waals surface area contributed by atoms with E-state index in [1.165, 1.54) is 6.33 Å². The lowest BCUT2D eigenvalue weighted by atomic mass is 10.2. The van der Waals surface area contributed by atoms with Crippen molar-refractivity contribution in [2.45, 2.75) is 0 Å². The fraction of sp³-hybridized carbons (Fsp3) is 0.250. The van der Waals surface area contributed by atoms with Gasteiger partial charge in [-0.2, -0.15) is 5.26 Å². The molecule has 0 unspecified atom stereocenters. The summed E-state index contributed by atoms with van der Waals surface area (Å²) < 4.78 is 5.31. The van der Waals surface area contributed by atoms with Crippen LogP contribution >= 0.6 is 0 Å². The molecular weight excluding hydrogens is 294 g/mol. The summed E-state index contributed by atoms with van der Waals surface area (Å²) in [6.07, 6.45) is 1.37. The monoisotopic (exact) mass is 309 g/mol. The number of ether oxygens (including phenoxy) is 1. The van der Waals surface area contributed by atoms with E-state index >= 15 is 0 Å². The number of aromatic nitrogens is 2. The molecule has 7 heteroatoms. The zero-order valence-corrected chi connectivity index (χ0v) is 12.4. The minimum Gasteiger partial charge on any atom is -0.378 e. The van der Waals surface area contributed by atoms with Crippen molar-refractivity contribution in [3.8, 4) is 6.07 Å². The molecule has 7 nitrogen and oxygen atoms in total. The Morgan fingerprint density at radius 2 is 2.04 bits per heavy atom. The van der Waals surface area contributed by atoms with Crippen molar-refractivity contribution in [3.05, 3.63) is 47.9 Å². The predicted molar refractivity (Wildman–Crippen MR) is 84.2 cm³/mol. The van der Waals surface area contributed by atoms with Gasteiger partial charge in [0.1, 0.15) is 23.9 Å². The maximum Gasteiger partial charge on any atom is 0.274 e. The number of anilines is 2. The minimum atomic E-state index is -0.371. The number of hydrogen-bond donors (Lipinski definition) is 1. The topological polar surface area (TPSA) is 91.1 Å². The van der Waals surface area contributed by atoms with Crippen molar-refractivity contribution in [1.82, 2.24) is 9.97 Å². The number of nitrogens with one attached hydrogen (secondary N) is 1. The van der Waals surface area contributed by atoms with Crippen LogP contribution < -0.4 is 10.2 Å². The molecule has 2 aromatic rings. The Kier molecular flexibility index (Phi) is 4.45. The second kappa shape index (κ2) is 6.85. The van der Waals surface area contributed by atoms with Crippen molar-refractivity contribution in [1.29, 1.82) is 5.26 Å². The van der Waals surface area contributed by atoms with Crippen molar-refractivity contribution < 1.29 is 9.53 Å². The van der Waals surface area contributed by atoms with Crippen molar-refractivity contribution in [3.63, 3.8) is 0 Å². The van der Waals surface area contributed by atoms with Crippen LogP contribution in [0.1, 0.15) is 16.1 Å². The third kappa shape index (κ3) is 3.44. The second-order valence-electron chi connectivity index (χ2n) is 4.97. The average molecular weight is 309 g/mol. The number of nitrogens with zero attached hydrogens (tertiary/aromatic N) is 4. The van der Waals surface area contributed by atoms with Gasteiger partial charge in [0, 0.05) is 19.2 Å². The summed E-state index contributed by atoms with van der Waals surface area (Å²) in [5.74, 6) is 0.326. The molecule has 116 valence electrons. The summed E-state index contributed by atoms with van der Waals surface area (Å²) in [6.45, 7) is 2.74. The first-order chi connectivity index (χ1) is 11.3. The lowest BCUT2D eigenvalue weighted by molar-refractivity contribution is 0.102. The Balaban J connectivity index is 1.78. The number of hydrogen-bond acceptors (Lipinski definition) is 6. The molecule has 1 saturated heterocycles. The molecule has 1 amide bonds. The number of morpholine rings is 1. The summed E-state index contributed by atoms with van der Waals surface area (Å²) >= 11 is 0. The van der Waals surface area contributed by atoms with Gasteiger partial charge < -0.3 is 15.0 Å². The van der Waals surface area contributed by atoms with E-state index in [2.05, 4.69) is 15.3 Å². The van der Waals surface area contributed by atoms with Gasteiger partial charge in [-0.05, 0) is 12.1 Å². The number of carbonyl (C=O) groups excluding carboxylic acids is 1. The maximum absolute atomic E-state index is 12.4. The highest BCUT2D eigenvalue weighted by molar-refractivity contribution is 6.03. The molecule has 1 N–H and O–H groups in total. The molecule has 1 aliphatic rings. The van der Waals surface area contributed by atoms with Gasteiger partial charge in [-0.15, -0.1) is 0 Å². The van der Waals surface area contributed by atoms with E-state index < -0.39 is 0 Å². The number of rotatable bonds is 3. The van der Waals surface area contributed by atoms with Gasteiger partial charge in [-0.1, -0.05) is 12.1 Å². The second-order valence-corrected chi connectivity index (χ2v) is 4.97. The molecular formula is C16H15N5O2. The van der Waals surface area contributed by atoms with E-state index in [0.717, 1.165) is 13.1 Å². The number of nitriles is 1. The molecule has 0 radical (unpaired) electrons. The first-order valence-electron chi connectivity index (χ1n) is 7.23. The average Bonchev–Trinajstić information content (AvgIpc) is 2.63. The van der Waals surface area contributed by atoms with Gasteiger partial charge in [0.15, 0.2) is 0 Å². The van der Waals surface area contributed by atoms with Crippen LogP contribution in [-0.2, 0) is 4.74 Å². The lowest BCUT2D eigenvalue weighted by Crippen LogP contribution is -2.37. The van der Waals surface area contributed by atoms with Crippen LogP contribution in [0.25, 0.3) is 0 Å². The lowest BCUT2D eigenvalue weighted by Gasteiger charge is -2.27. The van der Waals surface area contributed by atoms with E-state index in [0.29, 0.717) is 30.3 Å². The highest BCUT2D eigenvalue weighted by atomic mass is 16.5. The van der Waals surface area contributed by atoms with Crippen molar-refractivity contribution in [2.24, 2.45) is 0 Å². The van der Waals surface area contributed by atoms with E-state index in [-0.39, 0.29) is 11.6 Å². The molecule has 23 heavy (non-hydrogen) atoms. The van der Waals surface area contributed by atoms with Crippen LogP contribution in [-0.4, -0.2) is 42.2 Å². The molecule has 1 aliphatic heterocycles. The summed E-state index contributed by atoms with van der Waals surface area (Å²) in [6, 6.07) is 10.5. The van der Waals surface area contributed by atoms with E-state index in [4.69, 9.17) is 10.00 Å². The van der Waals surface area contributed by atoms with Crippen LogP contribution in [0.2, 0.25) is 0 Å². The highest BCUT2D eigenvalue weighted by Gasteiger charge is 2.16. The highest BCUT2D eigenvalue weighted by Crippen LogP contribution is 2.16. The summed E-state index contributed by atoms with van der Waals surface area (Å²) in [5, 5.41) is 11.8. The number of carbonyl (C=O) groups is 1. The zero-order chi connectivity index (χ0) is 16.1. The first kappa shape index (κ1) is 14.9. The van der Waals surface area contributed by atoms with Gasteiger partial charge >= 0.3 is 0 Å². The molecule has 2 heterocycles. The fourth-order valence-electron chi connectivity index (χ4n) is 2.31.